The molecular formula is C16H16ClNO6S. The Balaban J connectivity index is 2.17. The second kappa shape index (κ2) is 8.09. The smallest absolute Gasteiger partial charge is 0.343 e. The van der Waals surface area contributed by atoms with E-state index in [2.05, 4.69) is 9.46 Å². The summed E-state index contributed by atoms with van der Waals surface area (Å²) in [6, 6.07) is 10.2. The van der Waals surface area contributed by atoms with E-state index in [-0.39, 0.29) is 17.2 Å². The van der Waals surface area contributed by atoms with Crippen molar-refractivity contribution in [2.45, 2.75) is 4.90 Å². The number of anilines is 1. The van der Waals surface area contributed by atoms with Crippen LogP contribution in [0.4, 0.5) is 5.69 Å². The first kappa shape index (κ1) is 18.9. The molecule has 0 unspecified atom stereocenters. The second-order valence-corrected chi connectivity index (χ2v) is 6.91. The van der Waals surface area contributed by atoms with E-state index in [1.165, 1.54) is 44.6 Å². The van der Waals surface area contributed by atoms with Gasteiger partial charge in [0.2, 0.25) is 0 Å². The predicted octanol–water partition coefficient (Wildman–Crippen LogP) is 2.70. The Labute approximate surface area is 150 Å². The number of sulfonamides is 1. The number of carbonyl (C=O) groups is 1. The molecule has 2 rings (SSSR count). The molecule has 0 atom stereocenters. The highest BCUT2D eigenvalue weighted by Crippen LogP contribution is 2.30. The normalized spacial score (nSPS) is 10.8. The van der Waals surface area contributed by atoms with Gasteiger partial charge in [-0.15, -0.1) is 0 Å². The molecule has 0 saturated carbocycles. The number of methoxy groups -OCH3 is 2. The number of rotatable bonds is 7. The van der Waals surface area contributed by atoms with Gasteiger partial charge in [0.1, 0.15) is 11.5 Å². The molecule has 2 aromatic rings. The molecule has 9 heteroatoms. The first-order valence-corrected chi connectivity index (χ1v) is 8.88. The van der Waals surface area contributed by atoms with Crippen LogP contribution in [0.1, 0.15) is 0 Å². The van der Waals surface area contributed by atoms with Crippen LogP contribution in [0, 0.1) is 0 Å². The molecular weight excluding hydrogens is 370 g/mol. The lowest BCUT2D eigenvalue weighted by molar-refractivity contribution is -0.142. The number of carbonyl (C=O) groups excluding carboxylic acids is 1. The Morgan fingerprint density at radius 1 is 1.12 bits per heavy atom. The van der Waals surface area contributed by atoms with Gasteiger partial charge in [0.25, 0.3) is 10.0 Å². The van der Waals surface area contributed by atoms with Crippen molar-refractivity contribution < 1.29 is 27.4 Å². The zero-order valence-electron chi connectivity index (χ0n) is 13.5. The van der Waals surface area contributed by atoms with Crippen molar-refractivity contribution in [1.29, 1.82) is 0 Å². The Bertz CT molecular complexity index is 851. The number of esters is 1. The summed E-state index contributed by atoms with van der Waals surface area (Å²) in [6.45, 7) is -0.263. The van der Waals surface area contributed by atoms with Gasteiger partial charge in [-0.2, -0.15) is 0 Å². The molecule has 0 aliphatic heterocycles. The lowest BCUT2D eigenvalue weighted by Gasteiger charge is -2.12. The molecule has 0 aliphatic rings. The minimum atomic E-state index is -3.85. The van der Waals surface area contributed by atoms with Crippen LogP contribution in [0.2, 0.25) is 5.02 Å². The SMILES string of the molecule is COC(=O)COc1ccc(S(=O)(=O)Nc2cc(Cl)ccc2OC)cc1. The van der Waals surface area contributed by atoms with E-state index in [1.807, 2.05) is 0 Å². The summed E-state index contributed by atoms with van der Waals surface area (Å²) in [5, 5.41) is 0.366. The average molecular weight is 386 g/mol. The van der Waals surface area contributed by atoms with Crippen molar-refractivity contribution in [2.75, 3.05) is 25.5 Å². The van der Waals surface area contributed by atoms with Crippen LogP contribution in [-0.4, -0.2) is 35.2 Å². The predicted molar refractivity (Wildman–Crippen MR) is 92.8 cm³/mol. The fourth-order valence-electron chi connectivity index (χ4n) is 1.88. The van der Waals surface area contributed by atoms with E-state index in [1.54, 1.807) is 12.1 Å². The van der Waals surface area contributed by atoms with Gasteiger partial charge in [0, 0.05) is 5.02 Å². The third kappa shape index (κ3) is 5.01. The third-order valence-corrected chi connectivity index (χ3v) is 4.74. The standard InChI is InChI=1S/C16H16ClNO6S/c1-22-15-8-3-11(17)9-14(15)18-25(20,21)13-6-4-12(5-7-13)24-10-16(19)23-2/h3-9,18H,10H2,1-2H3. The summed E-state index contributed by atoms with van der Waals surface area (Å²) in [6.07, 6.45) is 0. The fraction of sp³-hybridized carbons (Fsp3) is 0.188. The molecule has 0 fully saturated rings. The molecule has 1 N–H and O–H groups in total. The van der Waals surface area contributed by atoms with E-state index in [0.29, 0.717) is 16.5 Å². The zero-order chi connectivity index (χ0) is 18.4. The summed E-state index contributed by atoms with van der Waals surface area (Å²) in [5.74, 6) is 0.141. The van der Waals surface area contributed by atoms with Crippen LogP contribution >= 0.6 is 11.6 Å². The molecule has 2 aromatic carbocycles. The Hall–Kier alpha value is -2.45. The fourth-order valence-corrected chi connectivity index (χ4v) is 3.11. The third-order valence-electron chi connectivity index (χ3n) is 3.12. The molecule has 0 aromatic heterocycles. The minimum absolute atomic E-state index is 0.0138. The molecule has 0 heterocycles. The summed E-state index contributed by atoms with van der Waals surface area (Å²) in [5.41, 5.74) is 0.223. The summed E-state index contributed by atoms with van der Waals surface area (Å²) < 4.78 is 42.1. The zero-order valence-corrected chi connectivity index (χ0v) is 15.1. The number of benzene rings is 2. The van der Waals surface area contributed by atoms with E-state index >= 15 is 0 Å². The number of hydrogen-bond acceptors (Lipinski definition) is 6. The Morgan fingerprint density at radius 2 is 1.80 bits per heavy atom. The van der Waals surface area contributed by atoms with Crippen molar-refractivity contribution in [1.82, 2.24) is 0 Å². The quantitative estimate of drug-likeness (QED) is 0.737. The molecule has 7 nitrogen and oxygen atoms in total. The van der Waals surface area contributed by atoms with Crippen molar-refractivity contribution in [2.24, 2.45) is 0 Å². The van der Waals surface area contributed by atoms with Crippen molar-refractivity contribution >= 4 is 33.3 Å². The van der Waals surface area contributed by atoms with Gasteiger partial charge in [-0.1, -0.05) is 11.6 Å². The van der Waals surface area contributed by atoms with E-state index in [0.717, 1.165) is 0 Å². The highest BCUT2D eigenvalue weighted by Gasteiger charge is 2.17. The topological polar surface area (TPSA) is 90.9 Å². The van der Waals surface area contributed by atoms with Gasteiger partial charge in [0.15, 0.2) is 6.61 Å². The molecule has 0 aliphatic carbocycles. The maximum atomic E-state index is 12.5. The molecule has 0 amide bonds. The van der Waals surface area contributed by atoms with Gasteiger partial charge in [-0.05, 0) is 42.5 Å². The van der Waals surface area contributed by atoms with E-state index < -0.39 is 16.0 Å². The van der Waals surface area contributed by atoms with Gasteiger partial charge in [0.05, 0.1) is 24.8 Å². The molecule has 0 spiro atoms. The Kier molecular flexibility index (Phi) is 6.11. The minimum Gasteiger partial charge on any atom is -0.495 e. The molecule has 134 valence electrons. The Morgan fingerprint density at radius 3 is 2.40 bits per heavy atom. The van der Waals surface area contributed by atoms with Crippen molar-refractivity contribution in [3.8, 4) is 11.5 Å². The molecule has 25 heavy (non-hydrogen) atoms. The van der Waals surface area contributed by atoms with Gasteiger partial charge >= 0.3 is 5.97 Å². The second-order valence-electron chi connectivity index (χ2n) is 4.79. The van der Waals surface area contributed by atoms with Gasteiger partial charge in [-0.25, -0.2) is 13.2 Å². The van der Waals surface area contributed by atoms with Crippen LogP contribution in [-0.2, 0) is 19.6 Å². The number of hydrogen-bond donors (Lipinski definition) is 1. The number of halogens is 1. The maximum Gasteiger partial charge on any atom is 0.343 e. The first-order chi connectivity index (χ1) is 11.9. The average Bonchev–Trinajstić information content (AvgIpc) is 2.60. The van der Waals surface area contributed by atoms with Crippen LogP contribution in [0.5, 0.6) is 11.5 Å². The lowest BCUT2D eigenvalue weighted by atomic mass is 10.3. The maximum absolute atomic E-state index is 12.5. The summed E-state index contributed by atoms with van der Waals surface area (Å²) in [4.78, 5) is 11.0. The molecule has 0 radical (unpaired) electrons. The molecule has 0 bridgehead atoms. The highest BCUT2D eigenvalue weighted by molar-refractivity contribution is 7.92. The van der Waals surface area contributed by atoms with Crippen LogP contribution in [0.15, 0.2) is 47.4 Å². The number of ether oxygens (including phenoxy) is 3. The van der Waals surface area contributed by atoms with E-state index in [4.69, 9.17) is 21.1 Å². The van der Waals surface area contributed by atoms with Gasteiger partial charge in [-0.3, -0.25) is 4.72 Å². The van der Waals surface area contributed by atoms with Crippen LogP contribution < -0.4 is 14.2 Å². The first-order valence-electron chi connectivity index (χ1n) is 7.02. The monoisotopic (exact) mass is 385 g/mol. The summed E-state index contributed by atoms with van der Waals surface area (Å²) >= 11 is 5.90. The van der Waals surface area contributed by atoms with Gasteiger partial charge < -0.3 is 14.2 Å². The van der Waals surface area contributed by atoms with Crippen LogP contribution in [0.3, 0.4) is 0 Å². The number of nitrogens with one attached hydrogen (secondary N) is 1. The van der Waals surface area contributed by atoms with Crippen LogP contribution in [0.25, 0.3) is 0 Å². The summed E-state index contributed by atoms with van der Waals surface area (Å²) in [7, 11) is -1.18. The van der Waals surface area contributed by atoms with E-state index in [9.17, 15) is 13.2 Å². The highest BCUT2D eigenvalue weighted by atomic mass is 35.5. The molecule has 0 saturated heterocycles. The van der Waals surface area contributed by atoms with Crippen molar-refractivity contribution in [3.63, 3.8) is 0 Å². The van der Waals surface area contributed by atoms with Crippen molar-refractivity contribution in [3.05, 3.63) is 47.5 Å². The lowest BCUT2D eigenvalue weighted by Crippen LogP contribution is -2.14. The largest absolute Gasteiger partial charge is 0.495 e.